The van der Waals surface area contributed by atoms with Gasteiger partial charge in [-0.25, -0.2) is 4.39 Å². The molecule has 2 aromatic carbocycles. The van der Waals surface area contributed by atoms with E-state index in [1.807, 2.05) is 30.3 Å². The number of thioether (sulfide) groups is 1. The molecule has 2 bridgehead atoms. The number of rotatable bonds is 10. The van der Waals surface area contributed by atoms with Crippen molar-refractivity contribution in [3.63, 3.8) is 0 Å². The van der Waals surface area contributed by atoms with Crippen LogP contribution >= 0.6 is 11.8 Å². The van der Waals surface area contributed by atoms with E-state index in [9.17, 15) is 9.18 Å². The predicted molar refractivity (Wildman–Crippen MR) is 133 cm³/mol. The number of aromatic nitrogens is 3. The number of hydrogen-bond acceptors (Lipinski definition) is 5. The Morgan fingerprint density at radius 3 is 2.69 bits per heavy atom. The topological polar surface area (TPSA) is 69.0 Å². The lowest BCUT2D eigenvalue weighted by molar-refractivity contribution is -0.118. The Hall–Kier alpha value is -2.87. The maximum Gasteiger partial charge on any atom is 0.230 e. The number of hydrogen-bond donors (Lipinski definition) is 1. The monoisotopic (exact) mass is 494 g/mol. The van der Waals surface area contributed by atoms with Crippen molar-refractivity contribution in [1.29, 1.82) is 0 Å². The molecule has 2 aliphatic carbocycles. The molecule has 6 nitrogen and oxygen atoms in total. The maximum atomic E-state index is 14.1. The van der Waals surface area contributed by atoms with Crippen LogP contribution in [0, 0.1) is 23.6 Å². The molecule has 1 aromatic heterocycles. The van der Waals surface area contributed by atoms with Crippen molar-refractivity contribution in [2.75, 3.05) is 5.75 Å². The molecule has 0 saturated heterocycles. The first-order valence-electron chi connectivity index (χ1n) is 12.3. The van der Waals surface area contributed by atoms with Gasteiger partial charge in [0, 0.05) is 12.6 Å². The largest absolute Gasteiger partial charge is 0.483 e. The predicted octanol–water partition coefficient (Wildman–Crippen LogP) is 5.40. The molecule has 1 amide bonds. The van der Waals surface area contributed by atoms with Crippen molar-refractivity contribution in [3.8, 4) is 5.75 Å². The second-order valence-electron chi connectivity index (χ2n) is 9.62. The fourth-order valence-electron chi connectivity index (χ4n) is 5.67. The van der Waals surface area contributed by atoms with Gasteiger partial charge in [0.25, 0.3) is 0 Å². The van der Waals surface area contributed by atoms with Crippen molar-refractivity contribution in [3.05, 3.63) is 71.8 Å². The van der Waals surface area contributed by atoms with E-state index < -0.39 is 5.82 Å². The van der Waals surface area contributed by atoms with E-state index in [1.54, 1.807) is 18.2 Å². The molecule has 0 aliphatic heterocycles. The Morgan fingerprint density at radius 2 is 1.94 bits per heavy atom. The molecule has 0 radical (unpaired) electrons. The van der Waals surface area contributed by atoms with Crippen LogP contribution in [-0.2, 0) is 17.9 Å². The zero-order chi connectivity index (χ0) is 24.2. The average Bonchev–Trinajstić information content (AvgIpc) is 3.62. The quantitative estimate of drug-likeness (QED) is 0.382. The Kier molecular flexibility index (Phi) is 7.37. The van der Waals surface area contributed by atoms with Gasteiger partial charge in [-0.15, -0.1) is 10.2 Å². The molecule has 35 heavy (non-hydrogen) atoms. The molecule has 4 atom stereocenters. The van der Waals surface area contributed by atoms with Gasteiger partial charge in [0.1, 0.15) is 6.61 Å². The summed E-state index contributed by atoms with van der Waals surface area (Å²) in [5.41, 5.74) is 1.06. The van der Waals surface area contributed by atoms with E-state index in [1.165, 1.54) is 43.5 Å². The summed E-state index contributed by atoms with van der Waals surface area (Å²) in [5, 5.41) is 12.5. The van der Waals surface area contributed by atoms with Crippen LogP contribution in [0.15, 0.2) is 59.8 Å². The number of carbonyl (C=O) groups is 1. The molecule has 0 spiro atoms. The fraction of sp³-hybridized carbons (Fsp3) is 0.444. The number of ether oxygens (including phenoxy) is 1. The van der Waals surface area contributed by atoms with Crippen molar-refractivity contribution in [2.45, 2.75) is 57.0 Å². The average molecular weight is 495 g/mol. The number of para-hydroxylation sites is 1. The second kappa shape index (κ2) is 10.8. The summed E-state index contributed by atoms with van der Waals surface area (Å²) in [4.78, 5) is 12.5. The third kappa shape index (κ3) is 5.53. The van der Waals surface area contributed by atoms with E-state index in [-0.39, 0.29) is 30.1 Å². The first-order valence-corrected chi connectivity index (χ1v) is 13.3. The zero-order valence-corrected chi connectivity index (χ0v) is 20.7. The number of carbonyl (C=O) groups excluding carboxylic acids is 1. The molecule has 3 aromatic rings. The SMILES string of the molecule is CC(C1CC2CCC1C2)n1c(COc2ccccc2F)nnc1SCC(=O)NCc1ccccc1. The minimum absolute atomic E-state index is 0.0508. The van der Waals surface area contributed by atoms with E-state index >= 15 is 0 Å². The molecule has 1 N–H and O–H groups in total. The van der Waals surface area contributed by atoms with Gasteiger partial charge >= 0.3 is 0 Å². The molecule has 184 valence electrons. The highest BCUT2D eigenvalue weighted by Crippen LogP contribution is 2.52. The van der Waals surface area contributed by atoms with Crippen molar-refractivity contribution in [1.82, 2.24) is 20.1 Å². The minimum atomic E-state index is -0.399. The van der Waals surface area contributed by atoms with E-state index in [0.29, 0.717) is 23.4 Å². The number of benzene rings is 2. The van der Waals surface area contributed by atoms with Crippen LogP contribution in [-0.4, -0.2) is 26.4 Å². The number of nitrogens with one attached hydrogen (secondary N) is 1. The van der Waals surface area contributed by atoms with Gasteiger partial charge in [0.05, 0.1) is 5.75 Å². The van der Waals surface area contributed by atoms with Crippen LogP contribution < -0.4 is 10.1 Å². The van der Waals surface area contributed by atoms with E-state index in [4.69, 9.17) is 4.74 Å². The van der Waals surface area contributed by atoms with Crippen molar-refractivity contribution >= 4 is 17.7 Å². The lowest BCUT2D eigenvalue weighted by Crippen LogP contribution is -2.26. The summed E-state index contributed by atoms with van der Waals surface area (Å²) in [6.07, 6.45) is 5.15. The Balaban J connectivity index is 1.28. The molecular formula is C27H31FN4O2S. The maximum absolute atomic E-state index is 14.1. The number of nitrogens with zero attached hydrogens (tertiary/aromatic N) is 3. The normalized spacial score (nSPS) is 21.7. The Morgan fingerprint density at radius 1 is 1.14 bits per heavy atom. The third-order valence-corrected chi connectivity index (χ3v) is 8.36. The van der Waals surface area contributed by atoms with Gasteiger partial charge in [-0.1, -0.05) is 60.6 Å². The second-order valence-corrected chi connectivity index (χ2v) is 10.6. The Bertz CT molecular complexity index is 1160. The smallest absolute Gasteiger partial charge is 0.230 e. The van der Waals surface area contributed by atoms with E-state index in [0.717, 1.165) is 17.4 Å². The molecule has 1 heterocycles. The lowest BCUT2D eigenvalue weighted by atomic mass is 9.84. The van der Waals surface area contributed by atoms with Crippen LogP contribution in [0.4, 0.5) is 4.39 Å². The lowest BCUT2D eigenvalue weighted by Gasteiger charge is -2.30. The summed E-state index contributed by atoms with van der Waals surface area (Å²) < 4.78 is 22.0. The first kappa shape index (κ1) is 23.9. The van der Waals surface area contributed by atoms with Crippen LogP contribution in [0.5, 0.6) is 5.75 Å². The van der Waals surface area contributed by atoms with Crippen LogP contribution in [0.25, 0.3) is 0 Å². The Labute approximate surface area is 209 Å². The van der Waals surface area contributed by atoms with Gasteiger partial charge in [0.15, 0.2) is 22.5 Å². The highest BCUT2D eigenvalue weighted by Gasteiger charge is 2.43. The molecule has 2 aliphatic rings. The van der Waals surface area contributed by atoms with Crippen LogP contribution in [0.2, 0.25) is 0 Å². The number of fused-ring (bicyclic) bond motifs is 2. The van der Waals surface area contributed by atoms with E-state index in [2.05, 4.69) is 27.0 Å². The van der Waals surface area contributed by atoms with Gasteiger partial charge in [0.2, 0.25) is 5.91 Å². The molecule has 8 heteroatoms. The summed E-state index contributed by atoms with van der Waals surface area (Å²) in [6.45, 7) is 2.84. The van der Waals surface area contributed by atoms with Gasteiger partial charge < -0.3 is 10.1 Å². The van der Waals surface area contributed by atoms with Gasteiger partial charge in [-0.3, -0.25) is 9.36 Å². The zero-order valence-electron chi connectivity index (χ0n) is 19.9. The standard InChI is InChI=1S/C27H31FN4O2S/c1-18(22-14-20-11-12-21(22)13-20)32-25(16-34-24-10-6-5-9-23(24)28)30-31-27(32)35-17-26(33)29-15-19-7-3-2-4-8-19/h2-10,18,20-22H,11-17H2,1H3,(H,29,33). The van der Waals surface area contributed by atoms with Crippen LogP contribution in [0.3, 0.4) is 0 Å². The summed E-state index contributed by atoms with van der Waals surface area (Å²) in [5.74, 6) is 2.77. The minimum Gasteiger partial charge on any atom is -0.483 e. The van der Waals surface area contributed by atoms with Crippen LogP contribution in [0.1, 0.15) is 50.0 Å². The first-order chi connectivity index (χ1) is 17.1. The highest BCUT2D eigenvalue weighted by atomic mass is 32.2. The number of amides is 1. The van der Waals surface area contributed by atoms with Gasteiger partial charge in [-0.05, 0) is 61.6 Å². The molecule has 2 saturated carbocycles. The molecule has 2 fully saturated rings. The summed E-state index contributed by atoms with van der Waals surface area (Å²) in [6, 6.07) is 16.4. The fourth-order valence-corrected chi connectivity index (χ4v) is 6.54. The molecule has 5 rings (SSSR count). The molecular weight excluding hydrogens is 463 g/mol. The van der Waals surface area contributed by atoms with Gasteiger partial charge in [-0.2, -0.15) is 0 Å². The third-order valence-electron chi connectivity index (χ3n) is 7.41. The molecule has 4 unspecified atom stereocenters. The summed E-state index contributed by atoms with van der Waals surface area (Å²) >= 11 is 1.39. The highest BCUT2D eigenvalue weighted by molar-refractivity contribution is 7.99. The van der Waals surface area contributed by atoms with Crippen molar-refractivity contribution in [2.24, 2.45) is 17.8 Å². The number of halogens is 1. The summed E-state index contributed by atoms with van der Waals surface area (Å²) in [7, 11) is 0. The van der Waals surface area contributed by atoms with Crippen molar-refractivity contribution < 1.29 is 13.9 Å².